The van der Waals surface area contributed by atoms with Crippen molar-refractivity contribution >= 4 is 10.8 Å². The first kappa shape index (κ1) is 16.4. The molecule has 0 saturated carbocycles. The minimum absolute atomic E-state index is 0.252. The van der Waals surface area contributed by atoms with Crippen molar-refractivity contribution in [3.05, 3.63) is 77.9 Å². The average molecular weight is 344 g/mol. The van der Waals surface area contributed by atoms with Gasteiger partial charge in [-0.3, -0.25) is 4.21 Å². The summed E-state index contributed by atoms with van der Waals surface area (Å²) in [6.07, 6.45) is 3.58. The van der Waals surface area contributed by atoms with Crippen LogP contribution in [0.2, 0.25) is 0 Å². The first-order valence-corrected chi connectivity index (χ1v) is 8.91. The van der Waals surface area contributed by atoms with Crippen LogP contribution in [0.1, 0.15) is 11.1 Å². The Kier molecular flexibility index (Phi) is 5.05. The predicted molar refractivity (Wildman–Crippen MR) is 92.1 cm³/mol. The van der Waals surface area contributed by atoms with Crippen molar-refractivity contribution in [2.75, 3.05) is 7.11 Å². The van der Waals surface area contributed by atoms with Crippen molar-refractivity contribution in [2.24, 2.45) is 0 Å². The average Bonchev–Trinajstić information content (AvgIpc) is 3.10. The summed E-state index contributed by atoms with van der Waals surface area (Å²) in [6.45, 7) is 0. The van der Waals surface area contributed by atoms with E-state index in [4.69, 9.17) is 4.74 Å². The highest BCUT2D eigenvalue weighted by Crippen LogP contribution is 2.22. The molecule has 0 radical (unpaired) electrons. The molecule has 0 saturated heterocycles. The van der Waals surface area contributed by atoms with E-state index in [0.29, 0.717) is 17.1 Å². The quantitative estimate of drug-likeness (QED) is 0.688. The number of benzene rings is 2. The molecule has 0 N–H and O–H groups in total. The third-order valence-corrected chi connectivity index (χ3v) is 4.88. The van der Waals surface area contributed by atoms with Gasteiger partial charge in [0.15, 0.2) is 0 Å². The van der Waals surface area contributed by atoms with Crippen molar-refractivity contribution in [3.63, 3.8) is 0 Å². The standard InChI is InChI=1S/C18H17FN2O2S/c1-23-18-8-5-16(19)11-15(18)13-24(22)12-14-3-6-17(7-4-14)21-10-2-9-20-21/h2-11H,12-13H2,1H3. The number of hydrogen-bond donors (Lipinski definition) is 0. The van der Waals surface area contributed by atoms with E-state index in [9.17, 15) is 8.60 Å². The van der Waals surface area contributed by atoms with Crippen LogP contribution >= 0.6 is 0 Å². The van der Waals surface area contributed by atoms with E-state index in [1.165, 1.54) is 19.2 Å². The SMILES string of the molecule is COc1ccc(F)cc1CS(=O)Cc1ccc(-n2cccn2)cc1. The van der Waals surface area contributed by atoms with Gasteiger partial charge < -0.3 is 4.74 Å². The molecule has 0 bridgehead atoms. The molecule has 3 aromatic rings. The molecule has 0 aliphatic rings. The highest BCUT2D eigenvalue weighted by atomic mass is 32.2. The highest BCUT2D eigenvalue weighted by molar-refractivity contribution is 7.83. The zero-order valence-corrected chi connectivity index (χ0v) is 14.0. The zero-order valence-electron chi connectivity index (χ0n) is 13.2. The van der Waals surface area contributed by atoms with Crippen molar-refractivity contribution in [2.45, 2.75) is 11.5 Å². The lowest BCUT2D eigenvalue weighted by molar-refractivity contribution is 0.410. The minimum Gasteiger partial charge on any atom is -0.496 e. The Labute approximate surface area is 142 Å². The van der Waals surface area contributed by atoms with Crippen molar-refractivity contribution in [1.29, 1.82) is 0 Å². The Balaban J connectivity index is 1.68. The Morgan fingerprint density at radius 3 is 2.62 bits per heavy atom. The Morgan fingerprint density at radius 2 is 1.96 bits per heavy atom. The zero-order chi connectivity index (χ0) is 16.9. The second-order valence-electron chi connectivity index (χ2n) is 5.30. The van der Waals surface area contributed by atoms with E-state index in [-0.39, 0.29) is 11.6 Å². The molecule has 1 unspecified atom stereocenters. The van der Waals surface area contributed by atoms with E-state index < -0.39 is 10.8 Å². The Hall–Kier alpha value is -2.47. The maximum atomic E-state index is 13.4. The fourth-order valence-corrected chi connectivity index (χ4v) is 3.68. The molecule has 0 spiro atoms. The van der Waals surface area contributed by atoms with E-state index in [1.54, 1.807) is 16.9 Å². The summed E-state index contributed by atoms with van der Waals surface area (Å²) in [5.74, 6) is 0.853. The topological polar surface area (TPSA) is 44.1 Å². The smallest absolute Gasteiger partial charge is 0.123 e. The van der Waals surface area contributed by atoms with Crippen LogP contribution < -0.4 is 4.74 Å². The number of methoxy groups -OCH3 is 1. The van der Waals surface area contributed by atoms with Crippen LogP contribution in [0.5, 0.6) is 5.75 Å². The van der Waals surface area contributed by atoms with Gasteiger partial charge >= 0.3 is 0 Å². The van der Waals surface area contributed by atoms with Crippen LogP contribution in [0.25, 0.3) is 5.69 Å². The van der Waals surface area contributed by atoms with E-state index in [2.05, 4.69) is 5.10 Å². The monoisotopic (exact) mass is 344 g/mol. The summed E-state index contributed by atoms with van der Waals surface area (Å²) >= 11 is 0. The fraction of sp³-hybridized carbons (Fsp3) is 0.167. The molecule has 24 heavy (non-hydrogen) atoms. The normalized spacial score (nSPS) is 12.1. The van der Waals surface area contributed by atoms with Crippen molar-refractivity contribution < 1.29 is 13.3 Å². The van der Waals surface area contributed by atoms with Crippen LogP contribution in [0, 0.1) is 5.82 Å². The van der Waals surface area contributed by atoms with Crippen LogP contribution in [-0.4, -0.2) is 21.1 Å². The summed E-state index contributed by atoms with van der Waals surface area (Å²) in [5, 5.41) is 4.17. The Morgan fingerprint density at radius 1 is 1.17 bits per heavy atom. The largest absolute Gasteiger partial charge is 0.496 e. The summed E-state index contributed by atoms with van der Waals surface area (Å²) < 4.78 is 32.7. The number of nitrogens with zero attached hydrogens (tertiary/aromatic N) is 2. The van der Waals surface area contributed by atoms with Gasteiger partial charge in [0.05, 0.1) is 18.6 Å². The van der Waals surface area contributed by atoms with Gasteiger partial charge in [-0.25, -0.2) is 9.07 Å². The molecule has 3 rings (SSSR count). The molecule has 1 heterocycles. The number of ether oxygens (including phenoxy) is 1. The predicted octanol–water partition coefficient (Wildman–Crippen LogP) is 3.47. The fourth-order valence-electron chi connectivity index (χ4n) is 2.44. The number of aromatic nitrogens is 2. The van der Waals surface area contributed by atoms with Crippen molar-refractivity contribution in [3.8, 4) is 11.4 Å². The maximum absolute atomic E-state index is 13.4. The second kappa shape index (κ2) is 7.40. The van der Waals surface area contributed by atoms with E-state index in [0.717, 1.165) is 11.3 Å². The number of rotatable bonds is 6. The third kappa shape index (κ3) is 3.89. The molecule has 124 valence electrons. The van der Waals surface area contributed by atoms with Crippen LogP contribution in [0.3, 0.4) is 0 Å². The molecule has 0 amide bonds. The van der Waals surface area contributed by atoms with Gasteiger partial charge in [0.25, 0.3) is 0 Å². The van der Waals surface area contributed by atoms with Crippen LogP contribution in [0.15, 0.2) is 60.9 Å². The first-order valence-electron chi connectivity index (χ1n) is 7.42. The van der Waals surface area contributed by atoms with E-state index >= 15 is 0 Å². The maximum Gasteiger partial charge on any atom is 0.123 e. The van der Waals surface area contributed by atoms with Crippen molar-refractivity contribution in [1.82, 2.24) is 9.78 Å². The molecule has 0 aliphatic heterocycles. The summed E-state index contributed by atoms with van der Waals surface area (Å²) in [7, 11) is 0.367. The lowest BCUT2D eigenvalue weighted by atomic mass is 10.2. The minimum atomic E-state index is -1.15. The summed E-state index contributed by atoms with van der Waals surface area (Å²) in [6, 6.07) is 13.8. The van der Waals surface area contributed by atoms with Gasteiger partial charge in [-0.2, -0.15) is 5.10 Å². The molecule has 0 fully saturated rings. The Bertz CT molecular complexity index is 833. The highest BCUT2D eigenvalue weighted by Gasteiger charge is 2.10. The lowest BCUT2D eigenvalue weighted by Crippen LogP contribution is -2.02. The number of halogens is 1. The lowest BCUT2D eigenvalue weighted by Gasteiger charge is -2.09. The molecule has 6 heteroatoms. The third-order valence-electron chi connectivity index (χ3n) is 3.59. The molecular formula is C18H17FN2O2S. The van der Waals surface area contributed by atoms with E-state index in [1.807, 2.05) is 36.5 Å². The molecule has 1 aromatic heterocycles. The second-order valence-corrected chi connectivity index (χ2v) is 6.76. The molecule has 1 atom stereocenters. The van der Waals surface area contributed by atoms with Gasteiger partial charge in [0, 0.05) is 34.5 Å². The number of hydrogen-bond acceptors (Lipinski definition) is 3. The van der Waals surface area contributed by atoms with Gasteiger partial charge in [-0.1, -0.05) is 12.1 Å². The van der Waals surface area contributed by atoms with Gasteiger partial charge in [0.1, 0.15) is 11.6 Å². The van der Waals surface area contributed by atoms with Crippen LogP contribution in [-0.2, 0) is 22.3 Å². The van der Waals surface area contributed by atoms with Gasteiger partial charge in [-0.05, 0) is 42.0 Å². The van der Waals surface area contributed by atoms with Gasteiger partial charge in [-0.15, -0.1) is 0 Å². The molecule has 2 aromatic carbocycles. The van der Waals surface area contributed by atoms with Gasteiger partial charge in [0.2, 0.25) is 0 Å². The summed E-state index contributed by atoms with van der Waals surface area (Å²) in [4.78, 5) is 0. The molecular weight excluding hydrogens is 327 g/mol. The summed E-state index contributed by atoms with van der Waals surface area (Å²) in [5.41, 5.74) is 2.52. The van der Waals surface area contributed by atoms with Crippen LogP contribution in [0.4, 0.5) is 4.39 Å². The molecule has 0 aliphatic carbocycles. The molecule has 4 nitrogen and oxygen atoms in total. The first-order chi connectivity index (χ1) is 11.7.